The van der Waals surface area contributed by atoms with E-state index in [-0.39, 0.29) is 11.9 Å². The summed E-state index contributed by atoms with van der Waals surface area (Å²) < 4.78 is 5.38. The van der Waals surface area contributed by atoms with Crippen molar-refractivity contribution in [1.29, 1.82) is 0 Å². The third kappa shape index (κ3) is 3.94. The maximum absolute atomic E-state index is 12.8. The number of hydrogen-bond donors (Lipinski definition) is 0. The Morgan fingerprint density at radius 2 is 1.96 bits per heavy atom. The molecule has 0 saturated carbocycles. The van der Waals surface area contributed by atoms with Crippen molar-refractivity contribution in [3.05, 3.63) is 57.2 Å². The summed E-state index contributed by atoms with van der Waals surface area (Å²) in [5.74, 6) is -0.163. The van der Waals surface area contributed by atoms with Crippen LogP contribution in [-0.4, -0.2) is 36.5 Å². The Kier molecular flexibility index (Phi) is 5.99. The van der Waals surface area contributed by atoms with E-state index in [0.29, 0.717) is 49.5 Å². The second-order valence-electron chi connectivity index (χ2n) is 6.57. The molecule has 1 aliphatic heterocycles. The smallest absolute Gasteiger partial charge is 0.312 e. The quantitative estimate of drug-likeness (QED) is 0.708. The molecule has 2 heterocycles. The van der Waals surface area contributed by atoms with Gasteiger partial charge in [0.2, 0.25) is 0 Å². The minimum atomic E-state index is -0.633. The standard InChI is InChI=1S/C20H22ClNO3S/c1-2-25-19(24)20(13-15-5-3-4-6-17(15)21)8-10-22(11-9-20)18(23)16-7-12-26-14-16/h3-7,12,14H,2,8-11,13H2,1H3. The van der Waals surface area contributed by atoms with Gasteiger partial charge in [0, 0.05) is 23.5 Å². The average molecular weight is 392 g/mol. The summed E-state index contributed by atoms with van der Waals surface area (Å²) in [6.45, 7) is 3.24. The van der Waals surface area contributed by atoms with Gasteiger partial charge in [0.1, 0.15) is 0 Å². The van der Waals surface area contributed by atoms with Crippen LogP contribution in [0.25, 0.3) is 0 Å². The SMILES string of the molecule is CCOC(=O)C1(Cc2ccccc2Cl)CCN(C(=O)c2ccsc2)CC1. The number of rotatable bonds is 5. The van der Waals surface area contributed by atoms with Crippen LogP contribution in [0.1, 0.15) is 35.7 Å². The van der Waals surface area contributed by atoms with Crippen molar-refractivity contribution in [3.8, 4) is 0 Å². The van der Waals surface area contributed by atoms with Gasteiger partial charge in [0.15, 0.2) is 0 Å². The number of nitrogens with zero attached hydrogens (tertiary/aromatic N) is 1. The molecule has 0 radical (unpaired) electrons. The third-order valence-electron chi connectivity index (χ3n) is 4.97. The van der Waals surface area contributed by atoms with E-state index in [1.54, 1.807) is 0 Å². The molecule has 3 rings (SSSR count). The van der Waals surface area contributed by atoms with E-state index in [2.05, 4.69) is 0 Å². The minimum Gasteiger partial charge on any atom is -0.466 e. The Bertz CT molecular complexity index is 767. The van der Waals surface area contributed by atoms with Crippen molar-refractivity contribution in [1.82, 2.24) is 4.90 Å². The molecule has 6 heteroatoms. The lowest BCUT2D eigenvalue weighted by Gasteiger charge is -2.40. The Balaban J connectivity index is 1.77. The van der Waals surface area contributed by atoms with E-state index in [1.165, 1.54) is 11.3 Å². The number of amides is 1. The normalized spacial score (nSPS) is 16.3. The molecular weight excluding hydrogens is 370 g/mol. The molecule has 0 bridgehead atoms. The number of carbonyl (C=O) groups is 2. The highest BCUT2D eigenvalue weighted by atomic mass is 35.5. The van der Waals surface area contributed by atoms with Crippen LogP contribution in [0.4, 0.5) is 0 Å². The number of hydrogen-bond acceptors (Lipinski definition) is 4. The largest absolute Gasteiger partial charge is 0.466 e. The predicted molar refractivity (Wildman–Crippen MR) is 104 cm³/mol. The fourth-order valence-electron chi connectivity index (χ4n) is 3.45. The summed E-state index contributed by atoms with van der Waals surface area (Å²) in [4.78, 5) is 27.2. The van der Waals surface area contributed by atoms with Crippen molar-refractivity contribution in [3.63, 3.8) is 0 Å². The average Bonchev–Trinajstić information content (AvgIpc) is 3.18. The third-order valence-corrected chi connectivity index (χ3v) is 6.02. The van der Waals surface area contributed by atoms with Crippen molar-refractivity contribution in [2.75, 3.05) is 19.7 Å². The van der Waals surface area contributed by atoms with Gasteiger partial charge in [0.05, 0.1) is 17.6 Å². The summed E-state index contributed by atoms with van der Waals surface area (Å²) in [5.41, 5.74) is 1.02. The second-order valence-corrected chi connectivity index (χ2v) is 7.76. The number of thiophene rings is 1. The van der Waals surface area contributed by atoms with Crippen LogP contribution in [0.15, 0.2) is 41.1 Å². The van der Waals surface area contributed by atoms with Gasteiger partial charge < -0.3 is 9.64 Å². The Morgan fingerprint density at radius 3 is 2.58 bits per heavy atom. The van der Waals surface area contributed by atoms with E-state index in [9.17, 15) is 9.59 Å². The first-order chi connectivity index (χ1) is 12.6. The molecule has 0 spiro atoms. The van der Waals surface area contributed by atoms with E-state index >= 15 is 0 Å². The molecule has 26 heavy (non-hydrogen) atoms. The summed E-state index contributed by atoms with van der Waals surface area (Å²) in [6, 6.07) is 9.43. The van der Waals surface area contributed by atoms with Gasteiger partial charge in [-0.1, -0.05) is 29.8 Å². The van der Waals surface area contributed by atoms with Crippen LogP contribution in [0.2, 0.25) is 5.02 Å². The zero-order valence-electron chi connectivity index (χ0n) is 14.7. The number of ether oxygens (including phenoxy) is 1. The van der Waals surface area contributed by atoms with Crippen molar-refractivity contribution in [2.24, 2.45) is 5.41 Å². The van der Waals surface area contributed by atoms with Crippen molar-refractivity contribution in [2.45, 2.75) is 26.2 Å². The molecule has 0 unspecified atom stereocenters. The molecule has 2 aromatic rings. The molecule has 1 amide bonds. The van der Waals surface area contributed by atoms with Crippen molar-refractivity contribution < 1.29 is 14.3 Å². The first-order valence-electron chi connectivity index (χ1n) is 8.78. The van der Waals surface area contributed by atoms with E-state index in [0.717, 1.165) is 5.56 Å². The van der Waals surface area contributed by atoms with Crippen LogP contribution in [-0.2, 0) is 16.0 Å². The zero-order valence-corrected chi connectivity index (χ0v) is 16.3. The summed E-state index contributed by atoms with van der Waals surface area (Å²) >= 11 is 7.83. The first kappa shape index (κ1) is 18.9. The summed E-state index contributed by atoms with van der Waals surface area (Å²) in [5, 5.41) is 4.42. The molecule has 0 N–H and O–H groups in total. The Hall–Kier alpha value is -1.85. The minimum absolute atomic E-state index is 0.0291. The topological polar surface area (TPSA) is 46.6 Å². The first-order valence-corrected chi connectivity index (χ1v) is 10.1. The molecule has 1 aliphatic rings. The second kappa shape index (κ2) is 8.23. The molecule has 1 aromatic heterocycles. The number of benzene rings is 1. The van der Waals surface area contributed by atoms with E-state index in [4.69, 9.17) is 16.3 Å². The molecule has 1 aromatic carbocycles. The highest BCUT2D eigenvalue weighted by molar-refractivity contribution is 7.08. The monoisotopic (exact) mass is 391 g/mol. The molecule has 0 atom stereocenters. The Labute approximate surface area is 162 Å². The molecule has 1 saturated heterocycles. The van der Waals surface area contributed by atoms with Gasteiger partial charge in [-0.15, -0.1) is 0 Å². The number of piperidine rings is 1. The fourth-order valence-corrected chi connectivity index (χ4v) is 4.28. The molecule has 0 aliphatic carbocycles. The van der Waals surface area contributed by atoms with Gasteiger partial charge in [-0.25, -0.2) is 0 Å². The summed E-state index contributed by atoms with van der Waals surface area (Å²) in [6.07, 6.45) is 1.69. The van der Waals surface area contributed by atoms with Gasteiger partial charge in [0.25, 0.3) is 5.91 Å². The van der Waals surface area contributed by atoms with Gasteiger partial charge in [-0.3, -0.25) is 9.59 Å². The fraction of sp³-hybridized carbons (Fsp3) is 0.400. The number of carbonyl (C=O) groups excluding carboxylic acids is 2. The lowest BCUT2D eigenvalue weighted by atomic mass is 9.73. The van der Waals surface area contributed by atoms with E-state index < -0.39 is 5.41 Å². The van der Waals surface area contributed by atoms with Gasteiger partial charge in [-0.2, -0.15) is 11.3 Å². The van der Waals surface area contributed by atoms with Gasteiger partial charge in [-0.05, 0) is 49.3 Å². The lowest BCUT2D eigenvalue weighted by Crippen LogP contribution is -2.48. The van der Waals surface area contributed by atoms with Gasteiger partial charge >= 0.3 is 5.97 Å². The predicted octanol–water partition coefficient (Wildman–Crippen LogP) is 4.43. The molecular formula is C20H22ClNO3S. The van der Waals surface area contributed by atoms with Crippen LogP contribution in [0.3, 0.4) is 0 Å². The summed E-state index contributed by atoms with van der Waals surface area (Å²) in [7, 11) is 0. The molecule has 4 nitrogen and oxygen atoms in total. The molecule has 1 fully saturated rings. The van der Waals surface area contributed by atoms with Crippen LogP contribution in [0.5, 0.6) is 0 Å². The zero-order chi connectivity index (χ0) is 18.6. The number of esters is 1. The van der Waals surface area contributed by atoms with Crippen LogP contribution >= 0.6 is 22.9 Å². The number of likely N-dealkylation sites (tertiary alicyclic amines) is 1. The maximum Gasteiger partial charge on any atom is 0.312 e. The van der Waals surface area contributed by atoms with Crippen molar-refractivity contribution >= 4 is 34.8 Å². The van der Waals surface area contributed by atoms with Crippen LogP contribution < -0.4 is 0 Å². The Morgan fingerprint density at radius 1 is 1.23 bits per heavy atom. The van der Waals surface area contributed by atoms with E-state index in [1.807, 2.05) is 52.9 Å². The lowest BCUT2D eigenvalue weighted by molar-refractivity contribution is -0.158. The van der Waals surface area contributed by atoms with Crippen LogP contribution in [0, 0.1) is 5.41 Å². The molecule has 138 valence electrons. The highest BCUT2D eigenvalue weighted by Gasteiger charge is 2.44. The highest BCUT2D eigenvalue weighted by Crippen LogP contribution is 2.38. The maximum atomic E-state index is 12.8. The number of halogens is 1.